The quantitative estimate of drug-likeness (QED) is 0.788. The number of nitrogens with zero attached hydrogens (tertiary/aromatic N) is 2. The molecule has 2 rings (SSSR count). The summed E-state index contributed by atoms with van der Waals surface area (Å²) in [5, 5.41) is 3.13. The van der Waals surface area contributed by atoms with Gasteiger partial charge in [-0.05, 0) is 32.4 Å². The number of nitrogens with one attached hydrogen (secondary N) is 1. The summed E-state index contributed by atoms with van der Waals surface area (Å²) in [5.41, 5.74) is 0. The molecule has 0 bridgehead atoms. The second-order valence-electron chi connectivity index (χ2n) is 4.94. The molecule has 1 atom stereocenters. The Kier molecular flexibility index (Phi) is 6.99. The fourth-order valence-corrected chi connectivity index (χ4v) is 4.33. The van der Waals surface area contributed by atoms with E-state index >= 15 is 0 Å². The first-order valence-electron chi connectivity index (χ1n) is 6.62. The van der Waals surface area contributed by atoms with Crippen molar-refractivity contribution in [2.24, 2.45) is 5.92 Å². The van der Waals surface area contributed by atoms with Gasteiger partial charge in [0.05, 0.1) is 13.2 Å². The molecule has 2 fully saturated rings. The van der Waals surface area contributed by atoms with Gasteiger partial charge in [0.15, 0.2) is 0 Å². The zero-order valence-electron chi connectivity index (χ0n) is 11.4. The molecular weight excluding hydrogens is 290 g/mol. The second-order valence-corrected chi connectivity index (χ2v) is 6.87. The van der Waals surface area contributed by atoms with Crippen molar-refractivity contribution in [3.8, 4) is 0 Å². The fraction of sp³-hybridized carbons (Fsp3) is 1.00. The highest BCUT2D eigenvalue weighted by atomic mass is 35.5. The van der Waals surface area contributed by atoms with Crippen LogP contribution in [-0.2, 0) is 14.9 Å². The lowest BCUT2D eigenvalue weighted by molar-refractivity contribution is 0.0691. The molecule has 0 spiro atoms. The predicted molar refractivity (Wildman–Crippen MR) is 76.8 cm³/mol. The van der Waals surface area contributed by atoms with Gasteiger partial charge in [-0.25, -0.2) is 0 Å². The first-order chi connectivity index (χ1) is 8.64. The van der Waals surface area contributed by atoms with Crippen LogP contribution in [0.15, 0.2) is 0 Å². The van der Waals surface area contributed by atoms with Gasteiger partial charge < -0.3 is 10.1 Å². The average Bonchev–Trinajstić information content (AvgIpc) is 2.40. The molecule has 0 amide bonds. The number of piperidine rings is 1. The molecule has 0 aromatic carbocycles. The van der Waals surface area contributed by atoms with Gasteiger partial charge in [-0.3, -0.25) is 0 Å². The molecule has 1 unspecified atom stereocenters. The minimum absolute atomic E-state index is 0. The van der Waals surface area contributed by atoms with E-state index in [0.717, 1.165) is 19.4 Å². The van der Waals surface area contributed by atoms with E-state index in [1.807, 2.05) is 7.05 Å². The van der Waals surface area contributed by atoms with Crippen molar-refractivity contribution < 1.29 is 13.2 Å². The Bertz CT molecular complexity index is 358. The molecule has 0 radical (unpaired) electrons. The molecule has 1 N–H and O–H groups in total. The maximum atomic E-state index is 12.5. The summed E-state index contributed by atoms with van der Waals surface area (Å²) in [6.45, 7) is 4.15. The number of hydrogen-bond donors (Lipinski definition) is 1. The molecule has 0 aliphatic carbocycles. The van der Waals surface area contributed by atoms with Gasteiger partial charge in [0.1, 0.15) is 0 Å². The zero-order valence-corrected chi connectivity index (χ0v) is 13.0. The van der Waals surface area contributed by atoms with Crippen molar-refractivity contribution in [3.05, 3.63) is 0 Å². The predicted octanol–water partition coefficient (Wildman–Crippen LogP) is -0.0834. The van der Waals surface area contributed by atoms with Crippen LogP contribution in [0.25, 0.3) is 0 Å². The molecule has 19 heavy (non-hydrogen) atoms. The first-order valence-corrected chi connectivity index (χ1v) is 8.02. The Morgan fingerprint density at radius 3 is 2.53 bits per heavy atom. The number of hydrogen-bond acceptors (Lipinski definition) is 4. The van der Waals surface area contributed by atoms with Crippen molar-refractivity contribution in [3.63, 3.8) is 0 Å². The molecule has 8 heteroatoms. The van der Waals surface area contributed by atoms with Gasteiger partial charge in [-0.15, -0.1) is 12.4 Å². The lowest BCUT2D eigenvalue weighted by atomic mass is 10.00. The van der Waals surface area contributed by atoms with Crippen LogP contribution >= 0.6 is 12.4 Å². The van der Waals surface area contributed by atoms with Crippen molar-refractivity contribution in [2.75, 3.05) is 53.0 Å². The molecule has 2 aliphatic heterocycles. The molecule has 2 heterocycles. The summed E-state index contributed by atoms with van der Waals surface area (Å²) in [5.74, 6) is 0.430. The summed E-state index contributed by atoms with van der Waals surface area (Å²) in [4.78, 5) is 0. The Labute approximate surface area is 122 Å². The van der Waals surface area contributed by atoms with Crippen molar-refractivity contribution in [2.45, 2.75) is 12.8 Å². The maximum Gasteiger partial charge on any atom is 0.282 e. The summed E-state index contributed by atoms with van der Waals surface area (Å²) >= 11 is 0. The van der Waals surface area contributed by atoms with E-state index in [2.05, 4.69) is 5.32 Å². The van der Waals surface area contributed by atoms with Crippen LogP contribution in [0.2, 0.25) is 0 Å². The lowest BCUT2D eigenvalue weighted by Crippen LogP contribution is -2.52. The van der Waals surface area contributed by atoms with E-state index in [0.29, 0.717) is 45.3 Å². The third-order valence-corrected chi connectivity index (χ3v) is 5.60. The van der Waals surface area contributed by atoms with Crippen LogP contribution in [0.5, 0.6) is 0 Å². The van der Waals surface area contributed by atoms with Crippen LogP contribution in [-0.4, -0.2) is 70.0 Å². The van der Waals surface area contributed by atoms with E-state index in [-0.39, 0.29) is 12.4 Å². The van der Waals surface area contributed by atoms with Crippen LogP contribution in [0, 0.1) is 5.92 Å². The molecule has 6 nitrogen and oxygen atoms in total. The highest BCUT2D eigenvalue weighted by Gasteiger charge is 2.34. The minimum atomic E-state index is -3.28. The standard InChI is InChI=1S/C11H23N3O3S.ClH/c1-12-9-11-3-2-4-14(10-11)18(15,16)13-5-7-17-8-6-13;/h11-12H,2-10H2,1H3;1H. The largest absolute Gasteiger partial charge is 0.379 e. The van der Waals surface area contributed by atoms with Crippen molar-refractivity contribution >= 4 is 22.6 Å². The molecule has 0 aromatic rings. The highest BCUT2D eigenvalue weighted by Crippen LogP contribution is 2.21. The molecule has 2 saturated heterocycles. The Morgan fingerprint density at radius 1 is 1.21 bits per heavy atom. The number of halogens is 1. The van der Waals surface area contributed by atoms with Crippen molar-refractivity contribution in [1.29, 1.82) is 0 Å². The topological polar surface area (TPSA) is 61.9 Å². The summed E-state index contributed by atoms with van der Waals surface area (Å²) < 4.78 is 33.3. The van der Waals surface area contributed by atoms with Gasteiger partial charge in [-0.1, -0.05) is 0 Å². The molecule has 2 aliphatic rings. The molecule has 0 saturated carbocycles. The zero-order chi connectivity index (χ0) is 13.0. The Balaban J connectivity index is 0.00000180. The van der Waals surface area contributed by atoms with Gasteiger partial charge in [0.2, 0.25) is 0 Å². The van der Waals surface area contributed by atoms with E-state index in [1.54, 1.807) is 8.61 Å². The average molecular weight is 314 g/mol. The van der Waals surface area contributed by atoms with E-state index in [9.17, 15) is 8.42 Å². The number of rotatable bonds is 4. The maximum absolute atomic E-state index is 12.5. The van der Waals surface area contributed by atoms with E-state index < -0.39 is 10.2 Å². The number of morpholine rings is 1. The molecule has 114 valence electrons. The SMILES string of the molecule is CNCC1CCCN(S(=O)(=O)N2CCOCC2)C1.Cl. The molecular formula is C11H24ClN3O3S. The molecule has 0 aromatic heterocycles. The lowest BCUT2D eigenvalue weighted by Gasteiger charge is -2.36. The second kappa shape index (κ2) is 7.75. The first kappa shape index (κ1) is 17.1. The third-order valence-electron chi connectivity index (χ3n) is 3.60. The van der Waals surface area contributed by atoms with Crippen molar-refractivity contribution in [1.82, 2.24) is 13.9 Å². The highest BCUT2D eigenvalue weighted by molar-refractivity contribution is 7.86. The van der Waals surface area contributed by atoms with Crippen LogP contribution < -0.4 is 5.32 Å². The smallest absolute Gasteiger partial charge is 0.282 e. The van der Waals surface area contributed by atoms with Crippen LogP contribution in [0.1, 0.15) is 12.8 Å². The van der Waals surface area contributed by atoms with Crippen LogP contribution in [0.3, 0.4) is 0 Å². The summed E-state index contributed by atoms with van der Waals surface area (Å²) in [7, 11) is -1.37. The van der Waals surface area contributed by atoms with Gasteiger partial charge in [0.25, 0.3) is 10.2 Å². The van der Waals surface area contributed by atoms with Gasteiger partial charge >= 0.3 is 0 Å². The fourth-order valence-electron chi connectivity index (χ4n) is 2.63. The normalized spacial score (nSPS) is 26.9. The van der Waals surface area contributed by atoms with E-state index in [4.69, 9.17) is 4.74 Å². The Hall–Kier alpha value is 0.0800. The van der Waals surface area contributed by atoms with Gasteiger partial charge in [0, 0.05) is 26.2 Å². The third kappa shape index (κ3) is 4.27. The van der Waals surface area contributed by atoms with Crippen LogP contribution in [0.4, 0.5) is 0 Å². The van der Waals surface area contributed by atoms with E-state index in [1.165, 1.54) is 0 Å². The van der Waals surface area contributed by atoms with Gasteiger partial charge in [-0.2, -0.15) is 17.0 Å². The monoisotopic (exact) mass is 313 g/mol. The Morgan fingerprint density at radius 2 is 1.89 bits per heavy atom. The summed E-state index contributed by atoms with van der Waals surface area (Å²) in [6.07, 6.45) is 2.06. The minimum Gasteiger partial charge on any atom is -0.379 e. The number of ether oxygens (including phenoxy) is 1. The summed E-state index contributed by atoms with van der Waals surface area (Å²) in [6, 6.07) is 0.